The van der Waals surface area contributed by atoms with Crippen LogP contribution in [0.1, 0.15) is 46.7 Å². The average Bonchev–Trinajstić information content (AvgIpc) is 3.54. The van der Waals surface area contributed by atoms with E-state index in [1.165, 1.54) is 21.8 Å². The molecule has 2 amide bonds. The molecule has 1 aliphatic rings. The highest BCUT2D eigenvalue weighted by molar-refractivity contribution is 5.95. The molecule has 0 bridgehead atoms. The van der Waals surface area contributed by atoms with Crippen molar-refractivity contribution in [3.8, 4) is 22.6 Å². The van der Waals surface area contributed by atoms with Crippen molar-refractivity contribution in [2.75, 3.05) is 44.2 Å². The molecule has 1 N–H and O–H groups in total. The zero-order chi connectivity index (χ0) is 31.3. The van der Waals surface area contributed by atoms with Crippen LogP contribution >= 0.6 is 0 Å². The lowest BCUT2D eigenvalue weighted by Crippen LogP contribution is -2.49. The Balaban J connectivity index is 1.32. The lowest BCUT2D eigenvalue weighted by atomic mass is 10.1. The quantitative estimate of drug-likeness (QED) is 0.300. The van der Waals surface area contributed by atoms with Crippen LogP contribution in [0.4, 0.5) is 19.0 Å². The minimum absolute atomic E-state index is 0.0948. The van der Waals surface area contributed by atoms with Crippen molar-refractivity contribution in [2.45, 2.75) is 26.4 Å². The number of hydrogen-bond acceptors (Lipinski definition) is 8. The molecule has 0 unspecified atom stereocenters. The van der Waals surface area contributed by atoms with E-state index < -0.39 is 17.6 Å². The molecule has 230 valence electrons. The van der Waals surface area contributed by atoms with Crippen molar-refractivity contribution < 1.29 is 27.5 Å². The first-order valence-corrected chi connectivity index (χ1v) is 14.2. The number of hydrogen-bond donors (Lipinski definition) is 1. The summed E-state index contributed by atoms with van der Waals surface area (Å²) in [5.41, 5.74) is 0.562. The van der Waals surface area contributed by atoms with Crippen molar-refractivity contribution in [1.29, 1.82) is 0 Å². The number of ether oxygens (including phenoxy) is 1. The predicted octanol–water partition coefficient (Wildman–Crippen LogP) is 4.24. The second-order valence-electron chi connectivity index (χ2n) is 10.1. The van der Waals surface area contributed by atoms with Gasteiger partial charge in [-0.25, -0.2) is 4.68 Å². The summed E-state index contributed by atoms with van der Waals surface area (Å²) in [6.07, 6.45) is 2.40. The molecule has 0 radical (unpaired) electrons. The molecule has 3 aromatic heterocycles. The number of aromatic nitrogens is 5. The minimum atomic E-state index is -4.67. The van der Waals surface area contributed by atoms with E-state index in [0.717, 1.165) is 18.6 Å². The lowest BCUT2D eigenvalue weighted by Gasteiger charge is -2.35. The van der Waals surface area contributed by atoms with Crippen LogP contribution in [0.15, 0.2) is 61.2 Å². The minimum Gasteiger partial charge on any atom is -0.492 e. The molecule has 1 fully saturated rings. The summed E-state index contributed by atoms with van der Waals surface area (Å²) >= 11 is 0. The zero-order valence-electron chi connectivity index (χ0n) is 24.2. The molecular formula is C30H31F3N8O3. The first-order valence-electron chi connectivity index (χ1n) is 14.2. The van der Waals surface area contributed by atoms with Gasteiger partial charge in [0.25, 0.3) is 11.8 Å². The first kappa shape index (κ1) is 30.4. The molecule has 0 saturated carbocycles. The van der Waals surface area contributed by atoms with E-state index in [4.69, 9.17) is 4.74 Å². The van der Waals surface area contributed by atoms with Crippen LogP contribution in [0, 0.1) is 0 Å². The van der Waals surface area contributed by atoms with Gasteiger partial charge < -0.3 is 19.9 Å². The van der Waals surface area contributed by atoms with Crippen molar-refractivity contribution in [2.24, 2.45) is 0 Å². The van der Waals surface area contributed by atoms with Crippen molar-refractivity contribution in [3.63, 3.8) is 0 Å². The number of carbonyl (C=O) groups is 2. The number of piperazine rings is 1. The summed E-state index contributed by atoms with van der Waals surface area (Å²) in [7, 11) is 0. The standard InChI is InChI=1S/C30H31F3N8O3/c1-3-7-35-28(42)26-5-6-27(38-37-26)39-8-10-40(11-9-39)29(43)20-12-23(30(31,32)33)15-24(13-20)41-19-22(17-36-41)21-14-25(44-4-2)18-34-16-21/h5-6,12-19H,3-4,7-11H2,1-2H3,(H,35,42). The fourth-order valence-electron chi connectivity index (χ4n) is 4.73. The van der Waals surface area contributed by atoms with Crippen molar-refractivity contribution in [3.05, 3.63) is 78.0 Å². The normalized spacial score (nSPS) is 13.6. The molecule has 44 heavy (non-hydrogen) atoms. The third-order valence-corrected chi connectivity index (χ3v) is 7.01. The Morgan fingerprint density at radius 1 is 0.955 bits per heavy atom. The number of nitrogens with one attached hydrogen (secondary N) is 1. The Bertz CT molecular complexity index is 1620. The Hall–Kier alpha value is -5.01. The maximum absolute atomic E-state index is 13.9. The monoisotopic (exact) mass is 608 g/mol. The highest BCUT2D eigenvalue weighted by Gasteiger charge is 2.33. The number of benzene rings is 1. The maximum Gasteiger partial charge on any atom is 0.416 e. The van der Waals surface area contributed by atoms with Gasteiger partial charge >= 0.3 is 6.18 Å². The molecule has 4 heterocycles. The first-order chi connectivity index (χ1) is 21.2. The Morgan fingerprint density at radius 3 is 2.43 bits per heavy atom. The smallest absolute Gasteiger partial charge is 0.416 e. The van der Waals surface area contributed by atoms with E-state index >= 15 is 0 Å². The molecule has 1 saturated heterocycles. The fourth-order valence-corrected chi connectivity index (χ4v) is 4.73. The van der Waals surface area contributed by atoms with Gasteiger partial charge in [-0.2, -0.15) is 18.3 Å². The second kappa shape index (κ2) is 13.1. The summed E-state index contributed by atoms with van der Waals surface area (Å²) in [6, 6.07) is 8.27. The molecule has 11 nitrogen and oxygen atoms in total. The van der Waals surface area contributed by atoms with Gasteiger partial charge in [-0.05, 0) is 49.7 Å². The highest BCUT2D eigenvalue weighted by Crippen LogP contribution is 2.32. The van der Waals surface area contributed by atoms with Gasteiger partial charge in [0.2, 0.25) is 0 Å². The number of nitrogens with zero attached hydrogens (tertiary/aromatic N) is 7. The Morgan fingerprint density at radius 2 is 1.75 bits per heavy atom. The molecular weight excluding hydrogens is 577 g/mol. The SMILES string of the molecule is CCCNC(=O)c1ccc(N2CCN(C(=O)c3cc(-n4cc(-c5cncc(OCC)c5)cn4)cc(C(F)(F)F)c3)CC2)nn1. The van der Waals surface area contributed by atoms with E-state index in [1.54, 1.807) is 36.8 Å². The highest BCUT2D eigenvalue weighted by atomic mass is 19.4. The van der Waals surface area contributed by atoms with Gasteiger partial charge in [0.1, 0.15) is 5.75 Å². The van der Waals surface area contributed by atoms with E-state index in [1.807, 2.05) is 18.7 Å². The second-order valence-corrected chi connectivity index (χ2v) is 10.1. The molecule has 1 aliphatic heterocycles. The maximum atomic E-state index is 13.9. The van der Waals surface area contributed by atoms with Gasteiger partial charge in [0.05, 0.1) is 30.3 Å². The summed E-state index contributed by atoms with van der Waals surface area (Å²) in [4.78, 5) is 33.1. The van der Waals surface area contributed by atoms with Gasteiger partial charge in [-0.1, -0.05) is 6.92 Å². The third-order valence-electron chi connectivity index (χ3n) is 7.01. The number of pyridine rings is 1. The summed E-state index contributed by atoms with van der Waals surface area (Å²) in [5.74, 6) is 0.276. The van der Waals surface area contributed by atoms with Crippen LogP contribution in [0.2, 0.25) is 0 Å². The topological polar surface area (TPSA) is 118 Å². The van der Waals surface area contributed by atoms with Gasteiger partial charge in [-0.3, -0.25) is 14.6 Å². The van der Waals surface area contributed by atoms with E-state index in [2.05, 4.69) is 25.6 Å². The van der Waals surface area contributed by atoms with E-state index in [-0.39, 0.29) is 35.9 Å². The van der Waals surface area contributed by atoms with Crippen LogP contribution in [0.3, 0.4) is 0 Å². The van der Waals surface area contributed by atoms with Crippen LogP contribution in [0.5, 0.6) is 5.75 Å². The van der Waals surface area contributed by atoms with E-state index in [9.17, 15) is 22.8 Å². The third kappa shape index (κ3) is 6.96. The summed E-state index contributed by atoms with van der Waals surface area (Å²) in [5, 5.41) is 15.2. The molecule has 0 spiro atoms. The summed E-state index contributed by atoms with van der Waals surface area (Å²) < 4.78 is 48.5. The molecule has 4 aromatic rings. The van der Waals surface area contributed by atoms with Crippen LogP contribution in [0.25, 0.3) is 16.8 Å². The van der Waals surface area contributed by atoms with Crippen molar-refractivity contribution in [1.82, 2.24) is 35.2 Å². The zero-order valence-corrected chi connectivity index (χ0v) is 24.2. The number of alkyl halides is 3. The van der Waals surface area contributed by atoms with Crippen LogP contribution in [-0.2, 0) is 6.18 Å². The summed E-state index contributed by atoms with van der Waals surface area (Å²) in [6.45, 7) is 6.11. The van der Waals surface area contributed by atoms with E-state index in [0.29, 0.717) is 48.9 Å². The molecule has 1 aromatic carbocycles. The van der Waals surface area contributed by atoms with Crippen LogP contribution < -0.4 is 15.0 Å². The predicted molar refractivity (Wildman–Crippen MR) is 156 cm³/mol. The average molecular weight is 609 g/mol. The van der Waals surface area contributed by atoms with Gasteiger partial charge in [0, 0.05) is 61.8 Å². The molecule has 0 atom stereocenters. The number of rotatable bonds is 9. The van der Waals surface area contributed by atoms with Gasteiger partial charge in [-0.15, -0.1) is 10.2 Å². The molecule has 14 heteroatoms. The Kier molecular flexibility index (Phi) is 9.07. The molecule has 5 rings (SSSR count). The van der Waals surface area contributed by atoms with Crippen LogP contribution in [-0.4, -0.2) is 81.0 Å². The lowest BCUT2D eigenvalue weighted by molar-refractivity contribution is -0.137. The fraction of sp³-hybridized carbons (Fsp3) is 0.333. The molecule has 0 aliphatic carbocycles. The van der Waals surface area contributed by atoms with Gasteiger partial charge in [0.15, 0.2) is 11.5 Å². The number of carbonyl (C=O) groups excluding carboxylic acids is 2. The number of halogens is 3. The van der Waals surface area contributed by atoms with Crippen molar-refractivity contribution >= 4 is 17.6 Å². The largest absolute Gasteiger partial charge is 0.492 e. The number of anilines is 1. The Labute approximate surface area is 251 Å². The number of amides is 2.